The van der Waals surface area contributed by atoms with Crippen LogP contribution in [0.3, 0.4) is 0 Å². The number of aryl methyl sites for hydroxylation is 2. The Morgan fingerprint density at radius 2 is 1.77 bits per heavy atom. The fraction of sp³-hybridized carbons (Fsp3) is 0.217. The predicted octanol–water partition coefficient (Wildman–Crippen LogP) is 2.94. The van der Waals surface area contributed by atoms with Crippen molar-refractivity contribution in [3.8, 4) is 11.4 Å². The summed E-state index contributed by atoms with van der Waals surface area (Å²) >= 11 is 0. The molecule has 2 N–H and O–H groups in total. The highest BCUT2D eigenvalue weighted by Crippen LogP contribution is 2.17. The maximum absolute atomic E-state index is 4.62. The van der Waals surface area contributed by atoms with Crippen molar-refractivity contribution in [1.82, 2.24) is 35.2 Å². The van der Waals surface area contributed by atoms with Gasteiger partial charge in [0.15, 0.2) is 5.96 Å². The number of aliphatic imine (C=N–C) groups is 1. The SMILES string of the molecule is CN=C(NCc1ccc(-n2cncn2)cc1)NCc1ccccc1-n1nc(C)cc1C. The minimum Gasteiger partial charge on any atom is -0.352 e. The Hall–Kier alpha value is -3.94. The van der Waals surface area contributed by atoms with Crippen LogP contribution in [0.5, 0.6) is 0 Å². The molecule has 158 valence electrons. The fourth-order valence-electron chi connectivity index (χ4n) is 3.43. The van der Waals surface area contributed by atoms with Gasteiger partial charge in [0.1, 0.15) is 12.7 Å². The standard InChI is InChI=1S/C23H26N8/c1-17-12-18(2)31(29-17)22-7-5-4-6-20(22)14-27-23(24-3)26-13-19-8-10-21(11-9-19)30-16-25-15-28-30/h4-12,15-16H,13-14H2,1-3H3,(H2,24,26,27). The molecule has 0 atom stereocenters. The molecular weight excluding hydrogens is 388 g/mol. The largest absolute Gasteiger partial charge is 0.352 e. The number of nitrogens with one attached hydrogen (secondary N) is 2. The van der Waals surface area contributed by atoms with Crippen LogP contribution in [0.1, 0.15) is 22.5 Å². The third-order valence-electron chi connectivity index (χ3n) is 4.98. The number of aromatic nitrogens is 5. The third-order valence-corrected chi connectivity index (χ3v) is 4.98. The molecule has 0 aliphatic rings. The van der Waals surface area contributed by atoms with Crippen LogP contribution in [0.4, 0.5) is 0 Å². The average molecular weight is 415 g/mol. The number of nitrogens with zero attached hydrogens (tertiary/aromatic N) is 6. The maximum atomic E-state index is 4.62. The molecule has 0 aliphatic carbocycles. The lowest BCUT2D eigenvalue weighted by atomic mass is 10.1. The van der Waals surface area contributed by atoms with Crippen molar-refractivity contribution in [3.63, 3.8) is 0 Å². The number of hydrogen-bond acceptors (Lipinski definition) is 4. The van der Waals surface area contributed by atoms with Crippen LogP contribution in [-0.2, 0) is 13.1 Å². The quantitative estimate of drug-likeness (QED) is 0.374. The van der Waals surface area contributed by atoms with E-state index in [1.165, 1.54) is 6.33 Å². The van der Waals surface area contributed by atoms with E-state index in [1.807, 2.05) is 35.9 Å². The lowest BCUT2D eigenvalue weighted by Crippen LogP contribution is -2.36. The van der Waals surface area contributed by atoms with Gasteiger partial charge in [-0.05, 0) is 49.2 Å². The van der Waals surface area contributed by atoms with Crippen LogP contribution in [0, 0.1) is 13.8 Å². The van der Waals surface area contributed by atoms with Gasteiger partial charge in [0.25, 0.3) is 0 Å². The average Bonchev–Trinajstić information content (AvgIpc) is 3.44. The molecule has 31 heavy (non-hydrogen) atoms. The van der Waals surface area contributed by atoms with E-state index in [0.29, 0.717) is 13.1 Å². The third kappa shape index (κ3) is 4.80. The Bertz CT molecular complexity index is 1160. The Labute approximate surface area is 181 Å². The first-order valence-corrected chi connectivity index (χ1v) is 10.1. The van der Waals surface area contributed by atoms with Crippen molar-refractivity contribution in [1.29, 1.82) is 0 Å². The number of hydrogen-bond donors (Lipinski definition) is 2. The molecule has 0 bridgehead atoms. The van der Waals surface area contributed by atoms with E-state index in [0.717, 1.165) is 39.8 Å². The molecule has 0 unspecified atom stereocenters. The van der Waals surface area contributed by atoms with Gasteiger partial charge in [-0.3, -0.25) is 4.99 Å². The van der Waals surface area contributed by atoms with Crippen LogP contribution < -0.4 is 10.6 Å². The van der Waals surface area contributed by atoms with Gasteiger partial charge in [-0.15, -0.1) is 0 Å². The first kappa shape index (κ1) is 20.3. The fourth-order valence-corrected chi connectivity index (χ4v) is 3.43. The summed E-state index contributed by atoms with van der Waals surface area (Å²) in [5, 5.41) is 15.5. The van der Waals surface area contributed by atoms with Crippen LogP contribution in [0.25, 0.3) is 11.4 Å². The summed E-state index contributed by atoms with van der Waals surface area (Å²) in [4.78, 5) is 8.33. The Kier molecular flexibility index (Phi) is 6.07. The van der Waals surface area contributed by atoms with Crippen molar-refractivity contribution in [2.24, 2.45) is 4.99 Å². The Morgan fingerprint density at radius 3 is 2.45 bits per heavy atom. The minimum atomic E-state index is 0.638. The normalized spacial score (nSPS) is 11.5. The summed E-state index contributed by atoms with van der Waals surface area (Å²) in [6.45, 7) is 5.38. The molecule has 0 aliphatic heterocycles. The lowest BCUT2D eigenvalue weighted by Gasteiger charge is -2.15. The summed E-state index contributed by atoms with van der Waals surface area (Å²) in [6, 6.07) is 18.5. The highest BCUT2D eigenvalue weighted by Gasteiger charge is 2.09. The van der Waals surface area contributed by atoms with E-state index in [-0.39, 0.29) is 0 Å². The van der Waals surface area contributed by atoms with Crippen LogP contribution in [0.15, 0.2) is 72.2 Å². The zero-order chi connectivity index (χ0) is 21.6. The van der Waals surface area contributed by atoms with Gasteiger partial charge in [-0.1, -0.05) is 30.3 Å². The van der Waals surface area contributed by atoms with Crippen molar-refractivity contribution in [3.05, 3.63) is 89.8 Å². The molecule has 0 amide bonds. The zero-order valence-electron chi connectivity index (χ0n) is 17.9. The number of rotatable bonds is 6. The van der Waals surface area contributed by atoms with E-state index in [9.17, 15) is 0 Å². The molecule has 4 rings (SSSR count). The van der Waals surface area contributed by atoms with Crippen molar-refractivity contribution >= 4 is 5.96 Å². The van der Waals surface area contributed by atoms with Gasteiger partial charge in [0.05, 0.1) is 17.1 Å². The molecule has 4 aromatic rings. The molecule has 2 heterocycles. The molecular formula is C23H26N8. The van der Waals surface area contributed by atoms with Crippen LogP contribution >= 0.6 is 0 Å². The molecule has 0 fully saturated rings. The molecule has 2 aromatic carbocycles. The predicted molar refractivity (Wildman–Crippen MR) is 121 cm³/mol. The molecule has 0 spiro atoms. The Balaban J connectivity index is 1.38. The number of benzene rings is 2. The van der Waals surface area contributed by atoms with E-state index < -0.39 is 0 Å². The lowest BCUT2D eigenvalue weighted by molar-refractivity contribution is 0.781. The highest BCUT2D eigenvalue weighted by molar-refractivity contribution is 5.79. The van der Waals surface area contributed by atoms with Crippen molar-refractivity contribution in [2.45, 2.75) is 26.9 Å². The smallest absolute Gasteiger partial charge is 0.191 e. The molecule has 0 saturated heterocycles. The first-order valence-electron chi connectivity index (χ1n) is 10.1. The topological polar surface area (TPSA) is 85.0 Å². The van der Waals surface area contributed by atoms with Crippen molar-refractivity contribution < 1.29 is 0 Å². The molecule has 8 nitrogen and oxygen atoms in total. The van der Waals surface area contributed by atoms with E-state index in [4.69, 9.17) is 0 Å². The summed E-state index contributed by atoms with van der Waals surface area (Å²) in [5.41, 5.74) is 6.46. The second-order valence-electron chi connectivity index (χ2n) is 7.25. The molecule has 2 aromatic heterocycles. The zero-order valence-corrected chi connectivity index (χ0v) is 17.9. The van der Waals surface area contributed by atoms with Crippen LogP contribution in [-0.4, -0.2) is 37.6 Å². The summed E-state index contributed by atoms with van der Waals surface area (Å²) in [5.74, 6) is 0.739. The van der Waals surface area contributed by atoms with E-state index >= 15 is 0 Å². The summed E-state index contributed by atoms with van der Waals surface area (Å²) in [7, 11) is 1.77. The van der Waals surface area contributed by atoms with Gasteiger partial charge in [-0.2, -0.15) is 10.2 Å². The maximum Gasteiger partial charge on any atom is 0.191 e. The van der Waals surface area contributed by atoms with Gasteiger partial charge in [-0.25, -0.2) is 14.3 Å². The van der Waals surface area contributed by atoms with Gasteiger partial charge in [0, 0.05) is 25.8 Å². The summed E-state index contributed by atoms with van der Waals surface area (Å²) < 4.78 is 3.72. The second kappa shape index (κ2) is 9.25. The summed E-state index contributed by atoms with van der Waals surface area (Å²) in [6.07, 6.45) is 3.21. The van der Waals surface area contributed by atoms with Crippen molar-refractivity contribution in [2.75, 3.05) is 7.05 Å². The van der Waals surface area contributed by atoms with Crippen LogP contribution in [0.2, 0.25) is 0 Å². The van der Waals surface area contributed by atoms with E-state index in [2.05, 4.69) is 68.1 Å². The number of guanidine groups is 1. The van der Waals surface area contributed by atoms with Gasteiger partial charge in [0.2, 0.25) is 0 Å². The van der Waals surface area contributed by atoms with Gasteiger partial charge >= 0.3 is 0 Å². The van der Waals surface area contributed by atoms with Gasteiger partial charge < -0.3 is 10.6 Å². The molecule has 0 saturated carbocycles. The monoisotopic (exact) mass is 414 g/mol. The minimum absolute atomic E-state index is 0.638. The second-order valence-corrected chi connectivity index (χ2v) is 7.25. The molecule has 0 radical (unpaired) electrons. The first-order chi connectivity index (χ1) is 15.1. The van der Waals surface area contributed by atoms with E-state index in [1.54, 1.807) is 18.1 Å². The highest BCUT2D eigenvalue weighted by atomic mass is 15.3. The Morgan fingerprint density at radius 1 is 1.00 bits per heavy atom. The number of para-hydroxylation sites is 1. The molecule has 8 heteroatoms.